The molecular formula is C19H31N9O8S. The summed E-state index contributed by atoms with van der Waals surface area (Å²) in [7, 11) is 0. The first-order chi connectivity index (χ1) is 17.4. The van der Waals surface area contributed by atoms with Crippen LogP contribution in [0.5, 0.6) is 0 Å². The van der Waals surface area contributed by atoms with Crippen molar-refractivity contribution >= 4 is 59.1 Å². The zero-order valence-electron chi connectivity index (χ0n) is 19.8. The molecule has 0 radical (unpaired) electrons. The summed E-state index contributed by atoms with van der Waals surface area (Å²) in [4.78, 5) is 88.5. The van der Waals surface area contributed by atoms with E-state index in [2.05, 4.69) is 31.6 Å². The molecule has 1 fully saturated rings. The molecule has 0 aliphatic carbocycles. The lowest BCUT2D eigenvalue weighted by atomic mass is 10.1. The molecule has 37 heavy (non-hydrogen) atoms. The monoisotopic (exact) mass is 545 g/mol. The molecule has 0 aromatic heterocycles. The molecule has 0 aromatic carbocycles. The van der Waals surface area contributed by atoms with Gasteiger partial charge in [-0.25, -0.2) is 0 Å². The van der Waals surface area contributed by atoms with Gasteiger partial charge >= 0.3 is 5.97 Å². The van der Waals surface area contributed by atoms with Crippen molar-refractivity contribution in [1.29, 1.82) is 0 Å². The quantitative estimate of drug-likeness (QED) is 0.0825. The van der Waals surface area contributed by atoms with E-state index in [4.69, 9.17) is 22.3 Å². The molecule has 6 amide bonds. The Labute approximate surface area is 215 Å². The van der Waals surface area contributed by atoms with Gasteiger partial charge in [0.05, 0.1) is 25.3 Å². The van der Waals surface area contributed by atoms with Gasteiger partial charge in [-0.2, -0.15) is 0 Å². The van der Waals surface area contributed by atoms with Gasteiger partial charge in [-0.3, -0.25) is 38.6 Å². The van der Waals surface area contributed by atoms with Crippen LogP contribution in [0.3, 0.4) is 0 Å². The molecule has 1 saturated heterocycles. The second kappa shape index (κ2) is 15.8. The highest BCUT2D eigenvalue weighted by Gasteiger charge is 2.28. The molecule has 1 rings (SSSR count). The van der Waals surface area contributed by atoms with E-state index >= 15 is 0 Å². The standard InChI is InChI=1S/C19H31N9O8S/c20-16(34)11-7-37-8-14(31)24-5-12(29)26-9(2-1-3-23-19(21)22)17(35)25-6-13(30)27-10(4-15(32)33)18(36)28-11/h9-11H,1-8H2,(H2,20,34)(H,24,31)(H,25,35)(H,26,29)(H,27,30)(H,28,36)(H,32,33)(H4,21,22,23)/t9-,10-,11-/m0/s1. The zero-order valence-corrected chi connectivity index (χ0v) is 20.6. The third kappa shape index (κ3) is 13.0. The Balaban J connectivity index is 3.05. The first-order valence-electron chi connectivity index (χ1n) is 11.0. The maximum Gasteiger partial charge on any atom is 0.305 e. The van der Waals surface area contributed by atoms with Crippen molar-refractivity contribution in [1.82, 2.24) is 26.6 Å². The molecule has 18 heteroatoms. The zero-order chi connectivity index (χ0) is 28.0. The summed E-state index contributed by atoms with van der Waals surface area (Å²) in [5.41, 5.74) is 15.8. The molecule has 0 unspecified atom stereocenters. The van der Waals surface area contributed by atoms with Gasteiger partial charge in [0.25, 0.3) is 0 Å². The highest BCUT2D eigenvalue weighted by Crippen LogP contribution is 2.05. The van der Waals surface area contributed by atoms with Gasteiger partial charge in [0.15, 0.2) is 5.96 Å². The van der Waals surface area contributed by atoms with Crippen LogP contribution < -0.4 is 43.8 Å². The van der Waals surface area contributed by atoms with Gasteiger partial charge in [-0.15, -0.1) is 11.8 Å². The number of amides is 6. The van der Waals surface area contributed by atoms with E-state index in [1.165, 1.54) is 0 Å². The lowest BCUT2D eigenvalue weighted by Gasteiger charge is -2.22. The number of hydrogen-bond donors (Lipinski definition) is 9. The van der Waals surface area contributed by atoms with Gasteiger partial charge < -0.3 is 48.9 Å². The average Bonchev–Trinajstić information content (AvgIpc) is 2.80. The highest BCUT2D eigenvalue weighted by atomic mass is 32.2. The number of carbonyl (C=O) groups excluding carboxylic acids is 6. The predicted octanol–water partition coefficient (Wildman–Crippen LogP) is -5.57. The van der Waals surface area contributed by atoms with E-state index < -0.39 is 79.0 Å². The molecule has 1 aliphatic rings. The lowest BCUT2D eigenvalue weighted by Crippen LogP contribution is -2.56. The van der Waals surface area contributed by atoms with Crippen molar-refractivity contribution in [2.75, 3.05) is 31.1 Å². The summed E-state index contributed by atoms with van der Waals surface area (Å²) < 4.78 is 0. The number of hydrogen-bond acceptors (Lipinski definition) is 9. The normalized spacial score (nSPS) is 22.6. The number of carboxylic acid groups (broad SMARTS) is 1. The third-order valence-electron chi connectivity index (χ3n) is 4.67. The minimum absolute atomic E-state index is 0.0817. The number of carbonyl (C=O) groups is 7. The number of carboxylic acids is 1. The highest BCUT2D eigenvalue weighted by molar-refractivity contribution is 8.00. The van der Waals surface area contributed by atoms with E-state index in [9.17, 15) is 33.6 Å². The van der Waals surface area contributed by atoms with E-state index in [1.54, 1.807) is 0 Å². The van der Waals surface area contributed by atoms with Gasteiger partial charge in [-0.1, -0.05) is 0 Å². The summed E-state index contributed by atoms with van der Waals surface area (Å²) >= 11 is 0.917. The van der Waals surface area contributed by atoms with Gasteiger partial charge in [0, 0.05) is 12.3 Å². The van der Waals surface area contributed by atoms with Crippen molar-refractivity contribution in [3.63, 3.8) is 0 Å². The lowest BCUT2D eigenvalue weighted by molar-refractivity contribution is -0.141. The van der Waals surface area contributed by atoms with Crippen LogP contribution in [0.15, 0.2) is 4.99 Å². The Bertz CT molecular complexity index is 925. The van der Waals surface area contributed by atoms with Crippen LogP contribution in [-0.2, 0) is 33.6 Å². The summed E-state index contributed by atoms with van der Waals surface area (Å²) in [6.07, 6.45) is -0.457. The smallest absolute Gasteiger partial charge is 0.305 e. The fourth-order valence-electron chi connectivity index (χ4n) is 2.90. The Kier molecular flexibility index (Phi) is 13.2. The van der Waals surface area contributed by atoms with E-state index in [1.807, 2.05) is 0 Å². The fourth-order valence-corrected chi connectivity index (χ4v) is 3.79. The summed E-state index contributed by atoms with van der Waals surface area (Å²) in [5.74, 6) is -6.78. The SMILES string of the molecule is NC(=O)[C@@H]1CSCC(=O)NCC(=O)N[C@@H](CCCN=C(N)N)C(=O)NCC(=O)N[C@@H](CC(=O)O)C(=O)N1. The van der Waals surface area contributed by atoms with E-state index in [-0.39, 0.29) is 36.9 Å². The van der Waals surface area contributed by atoms with Crippen molar-refractivity contribution in [3.05, 3.63) is 0 Å². The number of primary amides is 1. The summed E-state index contributed by atoms with van der Waals surface area (Å²) in [6.45, 7) is -0.951. The number of thioether (sulfide) groups is 1. The minimum Gasteiger partial charge on any atom is -0.481 e. The minimum atomic E-state index is -1.59. The third-order valence-corrected chi connectivity index (χ3v) is 5.71. The van der Waals surface area contributed by atoms with Crippen LogP contribution in [0.2, 0.25) is 0 Å². The molecule has 206 valence electrons. The number of guanidine groups is 1. The second-order valence-electron chi connectivity index (χ2n) is 7.76. The number of nitrogens with zero attached hydrogens (tertiary/aromatic N) is 1. The maximum atomic E-state index is 12.6. The van der Waals surface area contributed by atoms with Crippen LogP contribution in [0, 0.1) is 0 Å². The number of nitrogens with two attached hydrogens (primary N) is 3. The molecule has 0 saturated carbocycles. The van der Waals surface area contributed by atoms with E-state index in [0.29, 0.717) is 0 Å². The van der Waals surface area contributed by atoms with E-state index in [0.717, 1.165) is 11.8 Å². The van der Waals surface area contributed by atoms with Crippen molar-refractivity contribution in [3.8, 4) is 0 Å². The molecule has 17 nitrogen and oxygen atoms in total. The summed E-state index contributed by atoms with van der Waals surface area (Å²) in [6, 6.07) is -3.99. The molecule has 3 atom stereocenters. The number of aliphatic imine (C=N–C) groups is 1. The summed E-state index contributed by atoms with van der Waals surface area (Å²) in [5, 5.41) is 20.6. The first kappa shape index (κ1) is 30.9. The van der Waals surface area contributed by atoms with Gasteiger partial charge in [-0.05, 0) is 12.8 Å². The van der Waals surface area contributed by atoms with Crippen LogP contribution in [0.4, 0.5) is 0 Å². The molecule has 0 spiro atoms. The molecule has 0 aromatic rings. The largest absolute Gasteiger partial charge is 0.481 e. The average molecular weight is 546 g/mol. The molecule has 1 heterocycles. The number of aliphatic carboxylic acids is 1. The topological polar surface area (TPSA) is 290 Å². The number of nitrogens with one attached hydrogen (secondary N) is 5. The van der Waals surface area contributed by atoms with Crippen LogP contribution in [0.1, 0.15) is 19.3 Å². The Hall–Kier alpha value is -4.09. The predicted molar refractivity (Wildman–Crippen MR) is 130 cm³/mol. The van der Waals surface area contributed by atoms with Gasteiger partial charge in [0.1, 0.15) is 18.1 Å². The Morgan fingerprint density at radius 3 is 2.11 bits per heavy atom. The Morgan fingerprint density at radius 1 is 0.892 bits per heavy atom. The van der Waals surface area contributed by atoms with Crippen LogP contribution in [0.25, 0.3) is 0 Å². The van der Waals surface area contributed by atoms with Crippen molar-refractivity contribution in [2.24, 2.45) is 22.2 Å². The van der Waals surface area contributed by atoms with Crippen molar-refractivity contribution in [2.45, 2.75) is 37.4 Å². The first-order valence-corrected chi connectivity index (χ1v) is 12.1. The van der Waals surface area contributed by atoms with Crippen molar-refractivity contribution < 1.29 is 38.7 Å². The maximum absolute atomic E-state index is 12.6. The second-order valence-corrected chi connectivity index (χ2v) is 8.79. The Morgan fingerprint density at radius 2 is 1.51 bits per heavy atom. The molecule has 1 aliphatic heterocycles. The van der Waals surface area contributed by atoms with Crippen LogP contribution in [-0.4, -0.2) is 102 Å². The van der Waals surface area contributed by atoms with Gasteiger partial charge in [0.2, 0.25) is 35.4 Å². The molecular weight excluding hydrogens is 514 g/mol. The van der Waals surface area contributed by atoms with Crippen LogP contribution >= 0.6 is 11.8 Å². The molecule has 12 N–H and O–H groups in total. The fraction of sp³-hybridized carbons (Fsp3) is 0.579. The number of rotatable bonds is 7. The molecule has 0 bridgehead atoms.